The van der Waals surface area contributed by atoms with E-state index >= 15 is 0 Å². The van der Waals surface area contributed by atoms with Crippen molar-refractivity contribution in [3.63, 3.8) is 0 Å². The first kappa shape index (κ1) is 29.1. The summed E-state index contributed by atoms with van der Waals surface area (Å²) >= 11 is 5.51. The van der Waals surface area contributed by atoms with Crippen LogP contribution in [-0.2, 0) is 12.4 Å². The number of nitrogens with one attached hydrogen (secondary N) is 2. The number of piperidine rings is 3. The lowest BCUT2D eigenvalue weighted by Gasteiger charge is -2.52. The minimum atomic E-state index is -4.97. The van der Waals surface area contributed by atoms with E-state index in [4.69, 9.17) is 17.0 Å². The largest absolute Gasteiger partial charge is 0.497 e. The number of hydrogen-bond donors (Lipinski definition) is 2. The second-order valence-electron chi connectivity index (χ2n) is 10.4. The summed E-state index contributed by atoms with van der Waals surface area (Å²) in [5.74, 6) is 1.06. The summed E-state index contributed by atoms with van der Waals surface area (Å²) < 4.78 is 86.1. The summed E-state index contributed by atoms with van der Waals surface area (Å²) in [6.07, 6.45) is -3.52. The molecular formula is C29H28F6N4OS. The van der Waals surface area contributed by atoms with Crippen molar-refractivity contribution in [1.29, 1.82) is 0 Å². The molecule has 0 spiro atoms. The van der Waals surface area contributed by atoms with Crippen LogP contribution in [0.15, 0.2) is 61.3 Å². The molecule has 2 bridgehead atoms. The third kappa shape index (κ3) is 6.13. The van der Waals surface area contributed by atoms with Gasteiger partial charge in [0.05, 0.1) is 29.8 Å². The monoisotopic (exact) mass is 594 g/mol. The van der Waals surface area contributed by atoms with Crippen LogP contribution in [0, 0.1) is 5.92 Å². The predicted octanol–water partition coefficient (Wildman–Crippen LogP) is 7.35. The number of thiocarbonyl (C=S) groups is 1. The highest BCUT2D eigenvalue weighted by atomic mass is 32.1. The number of alkyl halides is 6. The van der Waals surface area contributed by atoms with Gasteiger partial charge in [-0.3, -0.25) is 9.88 Å². The number of benzene rings is 2. The van der Waals surface area contributed by atoms with Crippen molar-refractivity contribution >= 4 is 33.9 Å². The molecule has 218 valence electrons. The molecule has 12 heteroatoms. The maximum absolute atomic E-state index is 13.4. The van der Waals surface area contributed by atoms with Crippen LogP contribution in [0.2, 0.25) is 0 Å². The fourth-order valence-electron chi connectivity index (χ4n) is 6.02. The summed E-state index contributed by atoms with van der Waals surface area (Å²) in [4.78, 5) is 6.80. The van der Waals surface area contributed by atoms with Gasteiger partial charge in [-0.15, -0.1) is 6.58 Å². The number of methoxy groups -OCH3 is 1. The van der Waals surface area contributed by atoms with E-state index in [1.165, 1.54) is 0 Å². The summed E-state index contributed by atoms with van der Waals surface area (Å²) in [5, 5.41) is 6.52. The molecule has 3 aromatic rings. The van der Waals surface area contributed by atoms with Crippen molar-refractivity contribution in [2.75, 3.05) is 19.0 Å². The van der Waals surface area contributed by atoms with Gasteiger partial charge in [0.15, 0.2) is 5.11 Å². The van der Waals surface area contributed by atoms with Gasteiger partial charge in [-0.05, 0) is 92.0 Å². The van der Waals surface area contributed by atoms with E-state index in [0.717, 1.165) is 36.8 Å². The molecule has 0 saturated carbocycles. The molecule has 3 aliphatic rings. The zero-order valence-electron chi connectivity index (χ0n) is 22.0. The molecule has 4 heterocycles. The maximum atomic E-state index is 13.4. The first-order valence-corrected chi connectivity index (χ1v) is 13.5. The van der Waals surface area contributed by atoms with Crippen LogP contribution in [0.4, 0.5) is 32.0 Å². The molecule has 5 atom stereocenters. The van der Waals surface area contributed by atoms with E-state index in [-0.39, 0.29) is 23.3 Å². The van der Waals surface area contributed by atoms with Gasteiger partial charge in [0, 0.05) is 29.4 Å². The van der Waals surface area contributed by atoms with Gasteiger partial charge in [-0.25, -0.2) is 0 Å². The predicted molar refractivity (Wildman–Crippen MR) is 149 cm³/mol. The van der Waals surface area contributed by atoms with E-state index in [1.807, 2.05) is 24.3 Å². The quantitative estimate of drug-likeness (QED) is 0.177. The van der Waals surface area contributed by atoms with Crippen molar-refractivity contribution < 1.29 is 31.1 Å². The average molecular weight is 595 g/mol. The van der Waals surface area contributed by atoms with Crippen LogP contribution in [0.3, 0.4) is 0 Å². The molecule has 6 rings (SSSR count). The second kappa shape index (κ2) is 11.1. The highest BCUT2D eigenvalue weighted by molar-refractivity contribution is 7.80. The Hall–Kier alpha value is -3.38. The number of nitrogens with zero attached hydrogens (tertiary/aromatic N) is 2. The van der Waals surface area contributed by atoms with Crippen LogP contribution in [-0.4, -0.2) is 40.7 Å². The summed E-state index contributed by atoms with van der Waals surface area (Å²) in [6, 6.07) is 8.23. The Balaban J connectivity index is 1.53. The average Bonchev–Trinajstić information content (AvgIpc) is 2.94. The van der Waals surface area contributed by atoms with Crippen molar-refractivity contribution in [3.05, 3.63) is 78.0 Å². The molecule has 41 heavy (non-hydrogen) atoms. The zero-order valence-corrected chi connectivity index (χ0v) is 22.8. The Morgan fingerprint density at radius 3 is 2.39 bits per heavy atom. The lowest BCUT2D eigenvalue weighted by atomic mass is 9.75. The van der Waals surface area contributed by atoms with Crippen molar-refractivity contribution in [3.8, 4) is 5.75 Å². The fourth-order valence-corrected chi connectivity index (χ4v) is 6.26. The fraction of sp³-hybridized carbons (Fsp3) is 0.379. The minimum Gasteiger partial charge on any atom is -0.497 e. The highest BCUT2D eigenvalue weighted by Gasteiger charge is 2.43. The Kier molecular flexibility index (Phi) is 7.90. The van der Waals surface area contributed by atoms with Crippen LogP contribution < -0.4 is 15.4 Å². The molecule has 5 unspecified atom stereocenters. The van der Waals surface area contributed by atoms with Gasteiger partial charge >= 0.3 is 12.4 Å². The summed E-state index contributed by atoms with van der Waals surface area (Å²) in [7, 11) is 1.55. The molecule has 0 amide bonds. The molecule has 1 aromatic heterocycles. The van der Waals surface area contributed by atoms with E-state index in [1.54, 1.807) is 19.4 Å². The number of rotatable bonds is 6. The molecule has 3 aliphatic heterocycles. The minimum absolute atomic E-state index is 0.0747. The van der Waals surface area contributed by atoms with Crippen molar-refractivity contribution in [1.82, 2.24) is 15.2 Å². The molecule has 2 N–H and O–H groups in total. The van der Waals surface area contributed by atoms with Crippen LogP contribution in [0.1, 0.15) is 42.0 Å². The van der Waals surface area contributed by atoms with Gasteiger partial charge in [-0.1, -0.05) is 6.08 Å². The Bertz CT molecular complexity index is 1430. The van der Waals surface area contributed by atoms with Gasteiger partial charge in [0.1, 0.15) is 5.75 Å². The number of pyridine rings is 1. The molecule has 5 nitrogen and oxygen atoms in total. The summed E-state index contributed by atoms with van der Waals surface area (Å²) in [5.41, 5.74) is -1.73. The Morgan fingerprint density at radius 2 is 1.78 bits per heavy atom. The first-order valence-electron chi connectivity index (χ1n) is 13.1. The van der Waals surface area contributed by atoms with Gasteiger partial charge in [0.2, 0.25) is 0 Å². The van der Waals surface area contributed by atoms with Crippen LogP contribution in [0.5, 0.6) is 5.75 Å². The van der Waals surface area contributed by atoms with Crippen molar-refractivity contribution in [2.45, 2.75) is 49.7 Å². The molecule has 2 aromatic carbocycles. The number of hydrogen-bond acceptors (Lipinski definition) is 4. The molecule has 0 aliphatic carbocycles. The molecule has 3 saturated heterocycles. The van der Waals surface area contributed by atoms with E-state index in [9.17, 15) is 26.3 Å². The van der Waals surface area contributed by atoms with Gasteiger partial charge in [0.25, 0.3) is 0 Å². The Labute approximate surface area is 238 Å². The highest BCUT2D eigenvalue weighted by Crippen LogP contribution is 2.43. The third-order valence-corrected chi connectivity index (χ3v) is 8.12. The SMILES string of the molecule is C=CC1CC2CCN1C(C(NC(=S)Nc1cc(C(F)(F)F)cc(C(F)(F)F)c1)c1ccnc3ccc(OC)cc13)C2. The van der Waals surface area contributed by atoms with Gasteiger partial charge < -0.3 is 15.4 Å². The second-order valence-corrected chi connectivity index (χ2v) is 10.8. The van der Waals surface area contributed by atoms with Crippen LogP contribution in [0.25, 0.3) is 10.9 Å². The third-order valence-electron chi connectivity index (χ3n) is 7.90. The van der Waals surface area contributed by atoms with E-state index in [0.29, 0.717) is 29.3 Å². The number of ether oxygens (including phenoxy) is 1. The normalized spacial score (nSPS) is 23.2. The number of anilines is 1. The lowest BCUT2D eigenvalue weighted by molar-refractivity contribution is -0.143. The topological polar surface area (TPSA) is 49.4 Å². The molecular weight excluding hydrogens is 566 g/mol. The van der Waals surface area contributed by atoms with E-state index < -0.39 is 35.2 Å². The number of fused-ring (bicyclic) bond motifs is 4. The standard InChI is InChI=1S/C29H28F6N4OS/c1-3-20-10-16-7-9-39(20)25(11-16)26(22-6-8-36-24-5-4-21(40-2)15-23(22)24)38-27(41)37-19-13-17(28(30,31)32)12-18(14-19)29(33,34)35/h3-6,8,12-16,20,25-26H,1,7,9-11H2,2H3,(H2,37,38,41). The molecule has 0 radical (unpaired) electrons. The molecule has 3 fully saturated rings. The van der Waals surface area contributed by atoms with Crippen LogP contribution >= 0.6 is 12.2 Å². The number of halogens is 6. The van der Waals surface area contributed by atoms with Gasteiger partial charge in [-0.2, -0.15) is 26.3 Å². The first-order chi connectivity index (χ1) is 19.4. The lowest BCUT2D eigenvalue weighted by Crippen LogP contribution is -2.58. The Morgan fingerprint density at radius 1 is 1.07 bits per heavy atom. The van der Waals surface area contributed by atoms with E-state index in [2.05, 4.69) is 27.1 Å². The summed E-state index contributed by atoms with van der Waals surface area (Å²) in [6.45, 7) is 4.84. The smallest absolute Gasteiger partial charge is 0.416 e. The van der Waals surface area contributed by atoms with Crippen molar-refractivity contribution in [2.24, 2.45) is 5.92 Å². The number of aromatic nitrogens is 1. The zero-order chi connectivity index (χ0) is 29.5. The maximum Gasteiger partial charge on any atom is 0.416 e.